The summed E-state index contributed by atoms with van der Waals surface area (Å²) in [5.74, 6) is 0. The van der Waals surface area contributed by atoms with Crippen molar-refractivity contribution in [3.8, 4) is 0 Å². The number of benzene rings is 3. The molecule has 1 saturated heterocycles. The van der Waals surface area contributed by atoms with Gasteiger partial charge in [-0.05, 0) is 47.5 Å². The summed E-state index contributed by atoms with van der Waals surface area (Å²) < 4.78 is 1.78. The van der Waals surface area contributed by atoms with Crippen molar-refractivity contribution >= 4 is 40.0 Å². The maximum absolute atomic E-state index is 13.4. The van der Waals surface area contributed by atoms with Crippen LogP contribution in [0.25, 0.3) is 22.1 Å². The Morgan fingerprint density at radius 2 is 1.94 bits per heavy atom. The van der Waals surface area contributed by atoms with E-state index in [-0.39, 0.29) is 12.1 Å². The van der Waals surface area contributed by atoms with Gasteiger partial charge in [-0.3, -0.25) is 9.89 Å². The summed E-state index contributed by atoms with van der Waals surface area (Å²) in [7, 11) is 1.74. The number of aliphatic imine (C=N–C) groups is 1. The molecule has 9 heteroatoms. The predicted octanol–water partition coefficient (Wildman–Crippen LogP) is 3.83. The van der Waals surface area contributed by atoms with E-state index >= 15 is 0 Å². The first-order valence-electron chi connectivity index (χ1n) is 10.6. The van der Waals surface area contributed by atoms with Crippen LogP contribution in [0.2, 0.25) is 0 Å². The number of fused-ring (bicyclic) bond motifs is 2. The highest BCUT2D eigenvalue weighted by Crippen LogP contribution is 2.40. The quantitative estimate of drug-likeness (QED) is 0.418. The number of aromatic amines is 1. The lowest BCUT2D eigenvalue weighted by atomic mass is 10.0. The van der Waals surface area contributed by atoms with Gasteiger partial charge >= 0.3 is 6.03 Å². The molecule has 0 bridgehead atoms. The molecule has 2 aromatic heterocycles. The number of hydrogen-bond donors (Lipinski definition) is 2. The van der Waals surface area contributed by atoms with Crippen LogP contribution in [0.15, 0.2) is 78.0 Å². The Balaban J connectivity index is 1.53. The highest BCUT2D eigenvalue weighted by molar-refractivity contribution is 5.97. The molecule has 0 radical (unpaired) electrons. The first-order chi connectivity index (χ1) is 16.2. The van der Waals surface area contributed by atoms with Crippen LogP contribution in [0.5, 0.6) is 0 Å². The Morgan fingerprint density at radius 3 is 2.85 bits per heavy atom. The van der Waals surface area contributed by atoms with Crippen molar-refractivity contribution in [1.29, 1.82) is 0 Å². The number of aromatic nitrogens is 5. The van der Waals surface area contributed by atoms with Crippen LogP contribution in [0.4, 0.5) is 10.5 Å². The summed E-state index contributed by atoms with van der Waals surface area (Å²) >= 11 is 0. The normalized spacial score (nSPS) is 18.6. The Kier molecular flexibility index (Phi) is 4.39. The van der Waals surface area contributed by atoms with Gasteiger partial charge in [-0.15, -0.1) is 5.10 Å². The minimum atomic E-state index is -0.464. The van der Waals surface area contributed by atoms with Gasteiger partial charge in [0.2, 0.25) is 0 Å². The maximum atomic E-state index is 13.4. The number of H-pyrrole nitrogens is 1. The standard InChI is InChI=1S/C24H20N8O/c1-25-13-15-5-4-6-16(11-15)22-23(32-21-8-3-2-7-19(21)29-30-32)28-24(33)31(22)17-9-10-18-20(12-17)27-14-26-18/h2-14,22-23H,1H3,(H,26,27)(H,28,33). The Bertz CT molecular complexity index is 1520. The molecule has 1 fully saturated rings. The van der Waals surface area contributed by atoms with Crippen molar-refractivity contribution in [2.24, 2.45) is 4.99 Å². The lowest BCUT2D eigenvalue weighted by Gasteiger charge is -2.27. The number of para-hydroxylation sites is 1. The van der Waals surface area contributed by atoms with Crippen LogP contribution >= 0.6 is 0 Å². The van der Waals surface area contributed by atoms with Crippen molar-refractivity contribution < 1.29 is 4.79 Å². The van der Waals surface area contributed by atoms with Crippen LogP contribution in [0.3, 0.4) is 0 Å². The molecule has 5 aromatic rings. The van der Waals surface area contributed by atoms with Gasteiger partial charge < -0.3 is 10.3 Å². The van der Waals surface area contributed by atoms with E-state index < -0.39 is 6.17 Å². The van der Waals surface area contributed by atoms with E-state index in [0.29, 0.717) is 0 Å². The molecule has 0 aliphatic carbocycles. The van der Waals surface area contributed by atoms with Crippen LogP contribution in [-0.2, 0) is 0 Å². The molecular formula is C24H20N8O. The smallest absolute Gasteiger partial charge is 0.324 e. The molecule has 2 atom stereocenters. The number of nitrogens with one attached hydrogen (secondary N) is 2. The molecule has 9 nitrogen and oxygen atoms in total. The summed E-state index contributed by atoms with van der Waals surface area (Å²) in [5.41, 5.74) is 5.99. The van der Waals surface area contributed by atoms with Gasteiger partial charge in [0, 0.05) is 18.9 Å². The average molecular weight is 436 g/mol. The van der Waals surface area contributed by atoms with Crippen LogP contribution in [0.1, 0.15) is 23.3 Å². The Hall–Kier alpha value is -4.53. The van der Waals surface area contributed by atoms with Gasteiger partial charge in [0.05, 0.1) is 22.9 Å². The molecule has 2 N–H and O–H groups in total. The summed E-state index contributed by atoms with van der Waals surface area (Å²) in [5, 5.41) is 11.8. The largest absolute Gasteiger partial charge is 0.345 e. The number of rotatable bonds is 4. The van der Waals surface area contributed by atoms with Crippen molar-refractivity contribution in [2.45, 2.75) is 12.2 Å². The minimum Gasteiger partial charge on any atom is -0.345 e. The second kappa shape index (κ2) is 7.56. The average Bonchev–Trinajstić information content (AvgIpc) is 3.55. The number of anilines is 1. The van der Waals surface area contributed by atoms with Gasteiger partial charge in [-0.1, -0.05) is 35.5 Å². The summed E-state index contributed by atoms with van der Waals surface area (Å²) in [6.07, 6.45) is 2.98. The molecule has 1 aliphatic rings. The molecule has 1 aliphatic heterocycles. The van der Waals surface area contributed by atoms with Gasteiger partial charge in [0.25, 0.3) is 0 Å². The van der Waals surface area contributed by atoms with E-state index in [9.17, 15) is 4.79 Å². The van der Waals surface area contributed by atoms with E-state index in [2.05, 4.69) is 30.6 Å². The van der Waals surface area contributed by atoms with Gasteiger partial charge in [0.1, 0.15) is 11.6 Å². The fourth-order valence-corrected chi connectivity index (χ4v) is 4.48. The zero-order valence-corrected chi connectivity index (χ0v) is 17.8. The number of carbonyl (C=O) groups excluding carboxylic acids is 1. The fourth-order valence-electron chi connectivity index (χ4n) is 4.48. The summed E-state index contributed by atoms with van der Waals surface area (Å²) in [6, 6.07) is 20.9. The minimum absolute atomic E-state index is 0.214. The molecule has 3 heterocycles. The van der Waals surface area contributed by atoms with Crippen molar-refractivity contribution in [3.63, 3.8) is 0 Å². The molecular weight excluding hydrogens is 416 g/mol. The number of carbonyl (C=O) groups is 1. The third kappa shape index (κ3) is 3.13. The number of imidazole rings is 1. The first-order valence-corrected chi connectivity index (χ1v) is 10.6. The maximum Gasteiger partial charge on any atom is 0.324 e. The van der Waals surface area contributed by atoms with E-state index in [4.69, 9.17) is 0 Å². The highest BCUT2D eigenvalue weighted by Gasteiger charge is 2.43. The Morgan fingerprint density at radius 1 is 1.03 bits per heavy atom. The number of hydrogen-bond acceptors (Lipinski definition) is 5. The number of urea groups is 1. The van der Waals surface area contributed by atoms with Crippen molar-refractivity contribution in [3.05, 3.63) is 84.2 Å². The van der Waals surface area contributed by atoms with Crippen LogP contribution < -0.4 is 10.2 Å². The Labute approximate surface area is 188 Å². The zero-order valence-electron chi connectivity index (χ0n) is 17.8. The van der Waals surface area contributed by atoms with E-state index in [1.807, 2.05) is 66.7 Å². The molecule has 2 unspecified atom stereocenters. The number of nitrogens with zero attached hydrogens (tertiary/aromatic N) is 6. The molecule has 3 aromatic carbocycles. The molecule has 162 valence electrons. The van der Waals surface area contributed by atoms with Crippen LogP contribution in [0, 0.1) is 0 Å². The third-order valence-corrected chi connectivity index (χ3v) is 5.92. The zero-order chi connectivity index (χ0) is 22.4. The molecule has 0 saturated carbocycles. The second-order valence-corrected chi connectivity index (χ2v) is 7.89. The van der Waals surface area contributed by atoms with Crippen molar-refractivity contribution in [2.75, 3.05) is 11.9 Å². The third-order valence-electron chi connectivity index (χ3n) is 5.92. The molecule has 2 amide bonds. The van der Waals surface area contributed by atoms with E-state index in [1.165, 1.54) is 0 Å². The first kappa shape index (κ1) is 19.2. The van der Waals surface area contributed by atoms with Crippen LogP contribution in [-0.4, -0.2) is 44.3 Å². The monoisotopic (exact) mass is 436 g/mol. The molecule has 0 spiro atoms. The SMILES string of the molecule is CN=Cc1cccc(C2C(n3nnc4ccccc43)NC(=O)N2c2ccc3[nH]cnc3c2)c1. The van der Waals surface area contributed by atoms with Gasteiger partial charge in [-0.25, -0.2) is 14.5 Å². The highest BCUT2D eigenvalue weighted by atomic mass is 16.2. The summed E-state index contributed by atoms with van der Waals surface area (Å²) in [4.78, 5) is 26.7. The van der Waals surface area contributed by atoms with Crippen molar-refractivity contribution in [1.82, 2.24) is 30.3 Å². The second-order valence-electron chi connectivity index (χ2n) is 7.89. The van der Waals surface area contributed by atoms with E-state index in [1.54, 1.807) is 29.2 Å². The summed E-state index contributed by atoms with van der Waals surface area (Å²) in [6.45, 7) is 0. The topological polar surface area (TPSA) is 104 Å². The fraction of sp³-hybridized carbons (Fsp3) is 0.125. The lowest BCUT2D eigenvalue weighted by Crippen LogP contribution is -2.29. The molecule has 6 rings (SSSR count). The molecule has 33 heavy (non-hydrogen) atoms. The van der Waals surface area contributed by atoms with Gasteiger partial charge in [-0.2, -0.15) is 0 Å². The van der Waals surface area contributed by atoms with E-state index in [0.717, 1.165) is 38.9 Å². The van der Waals surface area contributed by atoms with Gasteiger partial charge in [0.15, 0.2) is 6.17 Å². The lowest BCUT2D eigenvalue weighted by molar-refractivity contribution is 0.248. The number of amides is 2. The predicted molar refractivity (Wildman–Crippen MR) is 126 cm³/mol.